The van der Waals surface area contributed by atoms with Crippen molar-refractivity contribution in [1.29, 1.82) is 0 Å². The van der Waals surface area contributed by atoms with Gasteiger partial charge in [-0.25, -0.2) is 0 Å². The molecule has 0 aliphatic carbocycles. The van der Waals surface area contributed by atoms with Crippen LogP contribution in [0.1, 0.15) is 11.4 Å². The van der Waals surface area contributed by atoms with Crippen molar-refractivity contribution in [1.82, 2.24) is 14.8 Å². The Balaban J connectivity index is 2.16. The summed E-state index contributed by atoms with van der Waals surface area (Å²) in [5.74, 6) is 1.35. The second-order valence-electron chi connectivity index (χ2n) is 4.07. The van der Waals surface area contributed by atoms with E-state index in [2.05, 4.69) is 16.8 Å². The maximum absolute atomic E-state index is 6.07. The maximum Gasteiger partial charge on any atom is 0.195 e. The molecule has 19 heavy (non-hydrogen) atoms. The number of aryl methyl sites for hydroxylation is 1. The van der Waals surface area contributed by atoms with E-state index in [4.69, 9.17) is 28.6 Å². The van der Waals surface area contributed by atoms with Crippen molar-refractivity contribution in [2.24, 2.45) is 0 Å². The van der Waals surface area contributed by atoms with Gasteiger partial charge in [-0.15, -0.1) is 6.58 Å². The lowest BCUT2D eigenvalue weighted by molar-refractivity contribution is 0.290. The highest BCUT2D eigenvalue weighted by molar-refractivity contribution is 7.71. The molecule has 1 aromatic heterocycles. The van der Waals surface area contributed by atoms with Crippen molar-refractivity contribution in [3.63, 3.8) is 0 Å². The molecule has 0 spiro atoms. The normalized spacial score (nSPS) is 10.4. The fraction of sp³-hybridized carbons (Fsp3) is 0.231. The van der Waals surface area contributed by atoms with E-state index in [9.17, 15) is 0 Å². The highest BCUT2D eigenvalue weighted by atomic mass is 35.5. The molecule has 6 heteroatoms. The number of ether oxygens (including phenoxy) is 1. The van der Waals surface area contributed by atoms with Crippen LogP contribution in [0.2, 0.25) is 5.02 Å². The Kier molecular flexibility index (Phi) is 4.39. The zero-order valence-electron chi connectivity index (χ0n) is 10.5. The molecule has 0 saturated heterocycles. The number of aromatic amines is 1. The van der Waals surface area contributed by atoms with Crippen molar-refractivity contribution in [3.8, 4) is 5.75 Å². The molecule has 0 atom stereocenters. The van der Waals surface area contributed by atoms with Gasteiger partial charge in [0.2, 0.25) is 0 Å². The van der Waals surface area contributed by atoms with E-state index in [-0.39, 0.29) is 0 Å². The molecule has 0 amide bonds. The summed E-state index contributed by atoms with van der Waals surface area (Å²) in [6.45, 7) is 6.56. The summed E-state index contributed by atoms with van der Waals surface area (Å²) in [5, 5.41) is 7.45. The summed E-state index contributed by atoms with van der Waals surface area (Å²) in [5.41, 5.74) is 1.09. The van der Waals surface area contributed by atoms with Gasteiger partial charge in [0.1, 0.15) is 12.4 Å². The SMILES string of the molecule is C=CCn1c(COc2cc(C)ccc2Cl)n[nH]c1=S. The average Bonchev–Trinajstić information content (AvgIpc) is 2.73. The quantitative estimate of drug-likeness (QED) is 0.676. The van der Waals surface area contributed by atoms with Crippen LogP contribution in [0, 0.1) is 11.7 Å². The lowest BCUT2D eigenvalue weighted by Crippen LogP contribution is -2.06. The van der Waals surface area contributed by atoms with Crippen molar-refractivity contribution >= 4 is 23.8 Å². The molecule has 2 rings (SSSR count). The summed E-state index contributed by atoms with van der Waals surface area (Å²) >= 11 is 11.2. The van der Waals surface area contributed by atoms with E-state index in [1.807, 2.05) is 29.7 Å². The minimum absolute atomic E-state index is 0.296. The van der Waals surface area contributed by atoms with Crippen LogP contribution in [-0.2, 0) is 13.2 Å². The number of benzene rings is 1. The smallest absolute Gasteiger partial charge is 0.195 e. The van der Waals surface area contributed by atoms with Crippen LogP contribution in [0.25, 0.3) is 0 Å². The minimum Gasteiger partial charge on any atom is -0.484 e. The van der Waals surface area contributed by atoms with E-state index < -0.39 is 0 Å². The van der Waals surface area contributed by atoms with Gasteiger partial charge in [-0.2, -0.15) is 5.10 Å². The van der Waals surface area contributed by atoms with Gasteiger partial charge in [-0.3, -0.25) is 9.67 Å². The van der Waals surface area contributed by atoms with Gasteiger partial charge in [0, 0.05) is 6.54 Å². The summed E-state index contributed by atoms with van der Waals surface area (Å²) in [6, 6.07) is 5.64. The Morgan fingerprint density at radius 1 is 1.58 bits per heavy atom. The van der Waals surface area contributed by atoms with Crippen molar-refractivity contribution in [2.45, 2.75) is 20.1 Å². The summed E-state index contributed by atoms with van der Waals surface area (Å²) in [7, 11) is 0. The van der Waals surface area contributed by atoms with E-state index in [1.165, 1.54) is 0 Å². The topological polar surface area (TPSA) is 42.8 Å². The standard InChI is InChI=1S/C13H14ClN3OS/c1-3-6-17-12(15-16-13(17)19)8-18-11-7-9(2)4-5-10(11)14/h3-5,7H,1,6,8H2,2H3,(H,16,19). The molecule has 0 aliphatic rings. The first-order valence-corrected chi connectivity index (χ1v) is 6.54. The first-order valence-electron chi connectivity index (χ1n) is 5.75. The summed E-state index contributed by atoms with van der Waals surface area (Å²) in [4.78, 5) is 0. The first kappa shape index (κ1) is 13.8. The van der Waals surface area contributed by atoms with Crippen LogP contribution in [-0.4, -0.2) is 14.8 Å². The first-order chi connectivity index (χ1) is 9.11. The van der Waals surface area contributed by atoms with Crippen LogP contribution in [0.3, 0.4) is 0 Å². The maximum atomic E-state index is 6.07. The molecule has 0 aliphatic heterocycles. The van der Waals surface area contributed by atoms with Gasteiger partial charge >= 0.3 is 0 Å². The second-order valence-corrected chi connectivity index (χ2v) is 4.86. The average molecular weight is 296 g/mol. The van der Waals surface area contributed by atoms with Gasteiger partial charge in [-0.05, 0) is 36.8 Å². The molecule has 2 aromatic rings. The molecule has 100 valence electrons. The molecule has 4 nitrogen and oxygen atoms in total. The van der Waals surface area contributed by atoms with Crippen LogP contribution in [0.15, 0.2) is 30.9 Å². The molecular formula is C13H14ClN3OS. The van der Waals surface area contributed by atoms with E-state index in [1.54, 1.807) is 6.08 Å². The number of hydrogen-bond acceptors (Lipinski definition) is 3. The monoisotopic (exact) mass is 295 g/mol. The number of H-pyrrole nitrogens is 1. The molecular weight excluding hydrogens is 282 g/mol. The summed E-state index contributed by atoms with van der Waals surface area (Å²) < 4.78 is 8.06. The lowest BCUT2D eigenvalue weighted by Gasteiger charge is -2.09. The fourth-order valence-electron chi connectivity index (χ4n) is 1.64. The largest absolute Gasteiger partial charge is 0.484 e. The van der Waals surface area contributed by atoms with Crippen LogP contribution in [0.5, 0.6) is 5.75 Å². The minimum atomic E-state index is 0.296. The third-order valence-corrected chi connectivity index (χ3v) is 3.22. The van der Waals surface area contributed by atoms with Gasteiger partial charge < -0.3 is 4.74 Å². The van der Waals surface area contributed by atoms with Crippen LogP contribution in [0.4, 0.5) is 0 Å². The summed E-state index contributed by atoms with van der Waals surface area (Å²) in [6.07, 6.45) is 1.76. The Labute approximate surface area is 121 Å². The highest BCUT2D eigenvalue weighted by Crippen LogP contribution is 2.25. The zero-order valence-corrected chi connectivity index (χ0v) is 12.1. The molecule has 0 radical (unpaired) electrons. The van der Waals surface area contributed by atoms with Crippen molar-refractivity contribution in [3.05, 3.63) is 52.0 Å². The van der Waals surface area contributed by atoms with Crippen LogP contribution >= 0.6 is 23.8 Å². The molecule has 0 unspecified atom stereocenters. The number of allylic oxidation sites excluding steroid dienone is 1. The second kappa shape index (κ2) is 6.04. The van der Waals surface area contributed by atoms with E-state index in [0.717, 1.165) is 5.56 Å². The molecule has 0 saturated carbocycles. The van der Waals surface area contributed by atoms with E-state index in [0.29, 0.717) is 34.5 Å². The van der Waals surface area contributed by atoms with Gasteiger partial charge in [0.15, 0.2) is 10.6 Å². The van der Waals surface area contributed by atoms with Gasteiger partial charge in [-0.1, -0.05) is 23.7 Å². The number of aromatic nitrogens is 3. The molecule has 0 bridgehead atoms. The molecule has 1 heterocycles. The lowest BCUT2D eigenvalue weighted by atomic mass is 10.2. The number of nitrogens with zero attached hydrogens (tertiary/aromatic N) is 2. The van der Waals surface area contributed by atoms with Crippen molar-refractivity contribution in [2.75, 3.05) is 0 Å². The zero-order chi connectivity index (χ0) is 13.8. The van der Waals surface area contributed by atoms with Gasteiger partial charge in [0.05, 0.1) is 5.02 Å². The Bertz CT molecular complexity index is 648. The van der Waals surface area contributed by atoms with Crippen LogP contribution < -0.4 is 4.74 Å². The van der Waals surface area contributed by atoms with Crippen molar-refractivity contribution < 1.29 is 4.74 Å². The molecule has 1 N–H and O–H groups in total. The Hall–Kier alpha value is -1.59. The molecule has 0 fully saturated rings. The highest BCUT2D eigenvalue weighted by Gasteiger charge is 2.07. The third kappa shape index (κ3) is 3.24. The fourth-order valence-corrected chi connectivity index (χ4v) is 2.04. The Morgan fingerprint density at radius 2 is 2.37 bits per heavy atom. The van der Waals surface area contributed by atoms with E-state index >= 15 is 0 Å². The third-order valence-electron chi connectivity index (χ3n) is 2.59. The predicted molar refractivity (Wildman–Crippen MR) is 78.1 cm³/mol. The number of rotatable bonds is 5. The Morgan fingerprint density at radius 3 is 3.11 bits per heavy atom. The number of nitrogens with one attached hydrogen (secondary N) is 1. The predicted octanol–water partition coefficient (Wildman–Crippen LogP) is 3.67. The number of hydrogen-bond donors (Lipinski definition) is 1. The van der Waals surface area contributed by atoms with Gasteiger partial charge in [0.25, 0.3) is 0 Å². The molecule has 1 aromatic carbocycles. The number of halogens is 1.